The van der Waals surface area contributed by atoms with Gasteiger partial charge in [-0.05, 0) is 29.7 Å². The van der Waals surface area contributed by atoms with E-state index >= 15 is 0 Å². The van der Waals surface area contributed by atoms with E-state index in [2.05, 4.69) is 10.6 Å². The third-order valence-electron chi connectivity index (χ3n) is 3.16. The van der Waals surface area contributed by atoms with E-state index in [4.69, 9.17) is 0 Å². The maximum absolute atomic E-state index is 13.5. The average molecular weight is 300 g/mol. The van der Waals surface area contributed by atoms with E-state index in [1.165, 1.54) is 18.2 Å². The van der Waals surface area contributed by atoms with Crippen molar-refractivity contribution in [2.45, 2.75) is 19.8 Å². The highest BCUT2D eigenvalue weighted by molar-refractivity contribution is 6.43. The van der Waals surface area contributed by atoms with E-state index in [1.807, 2.05) is 26.0 Å². The molecule has 0 aromatic heterocycles. The Morgan fingerprint density at radius 1 is 0.864 bits per heavy atom. The van der Waals surface area contributed by atoms with Crippen LogP contribution in [0.4, 0.5) is 15.8 Å². The molecular formula is C17H17FN2O2. The number of amides is 2. The molecule has 0 fully saturated rings. The first-order valence-corrected chi connectivity index (χ1v) is 6.95. The first-order chi connectivity index (χ1) is 10.5. The molecule has 0 saturated carbocycles. The number of carbonyl (C=O) groups excluding carboxylic acids is 2. The molecule has 2 amide bonds. The van der Waals surface area contributed by atoms with E-state index in [9.17, 15) is 14.0 Å². The van der Waals surface area contributed by atoms with Gasteiger partial charge in [-0.25, -0.2) is 4.39 Å². The van der Waals surface area contributed by atoms with Crippen molar-refractivity contribution in [3.63, 3.8) is 0 Å². The van der Waals surface area contributed by atoms with Crippen LogP contribution in [0.3, 0.4) is 0 Å². The molecule has 4 nitrogen and oxygen atoms in total. The zero-order chi connectivity index (χ0) is 16.1. The van der Waals surface area contributed by atoms with Crippen molar-refractivity contribution in [2.75, 3.05) is 10.6 Å². The molecule has 0 aliphatic heterocycles. The number of carbonyl (C=O) groups is 2. The van der Waals surface area contributed by atoms with Gasteiger partial charge >= 0.3 is 11.8 Å². The lowest BCUT2D eigenvalue weighted by atomic mass is 10.0. The molecule has 2 aromatic rings. The predicted octanol–water partition coefficient (Wildman–Crippen LogP) is 3.53. The van der Waals surface area contributed by atoms with Crippen LogP contribution < -0.4 is 10.6 Å². The average Bonchev–Trinajstić information content (AvgIpc) is 2.49. The predicted molar refractivity (Wildman–Crippen MR) is 84.2 cm³/mol. The second-order valence-electron chi connectivity index (χ2n) is 5.13. The Kier molecular flexibility index (Phi) is 4.88. The minimum Gasteiger partial charge on any atom is -0.318 e. The summed E-state index contributed by atoms with van der Waals surface area (Å²) < 4.78 is 13.5. The van der Waals surface area contributed by atoms with Crippen LogP contribution in [-0.4, -0.2) is 11.8 Å². The van der Waals surface area contributed by atoms with Gasteiger partial charge in [-0.3, -0.25) is 9.59 Å². The largest absolute Gasteiger partial charge is 0.318 e. The molecule has 0 atom stereocenters. The van der Waals surface area contributed by atoms with Gasteiger partial charge in [0, 0.05) is 5.69 Å². The Hall–Kier alpha value is -2.69. The van der Waals surface area contributed by atoms with Crippen molar-refractivity contribution in [3.05, 3.63) is 59.9 Å². The lowest BCUT2D eigenvalue weighted by molar-refractivity contribution is -0.133. The fourth-order valence-corrected chi connectivity index (χ4v) is 2.04. The Morgan fingerprint density at radius 3 is 1.95 bits per heavy atom. The maximum atomic E-state index is 13.5. The van der Waals surface area contributed by atoms with Crippen LogP contribution in [0.5, 0.6) is 0 Å². The second kappa shape index (κ2) is 6.85. The summed E-state index contributed by atoms with van der Waals surface area (Å²) in [5, 5.41) is 4.81. The zero-order valence-corrected chi connectivity index (χ0v) is 12.4. The van der Waals surface area contributed by atoms with Crippen molar-refractivity contribution < 1.29 is 14.0 Å². The molecule has 0 radical (unpaired) electrons. The highest BCUT2D eigenvalue weighted by Gasteiger charge is 2.17. The molecule has 114 valence electrons. The van der Waals surface area contributed by atoms with Crippen molar-refractivity contribution >= 4 is 23.2 Å². The van der Waals surface area contributed by atoms with Crippen LogP contribution in [0, 0.1) is 5.82 Å². The molecule has 2 rings (SSSR count). The second-order valence-corrected chi connectivity index (χ2v) is 5.13. The van der Waals surface area contributed by atoms with Crippen LogP contribution in [0.15, 0.2) is 48.5 Å². The van der Waals surface area contributed by atoms with Crippen LogP contribution in [-0.2, 0) is 9.59 Å². The van der Waals surface area contributed by atoms with Gasteiger partial charge < -0.3 is 10.6 Å². The van der Waals surface area contributed by atoms with E-state index in [0.29, 0.717) is 5.69 Å². The molecule has 2 aromatic carbocycles. The summed E-state index contributed by atoms with van der Waals surface area (Å²) in [6, 6.07) is 12.9. The molecule has 0 aliphatic rings. The number of benzene rings is 2. The fraction of sp³-hybridized carbons (Fsp3) is 0.176. The number of anilines is 2. The number of hydrogen-bond donors (Lipinski definition) is 2. The van der Waals surface area contributed by atoms with Crippen LogP contribution in [0.1, 0.15) is 25.3 Å². The summed E-state index contributed by atoms with van der Waals surface area (Å²) in [7, 11) is 0. The van der Waals surface area contributed by atoms with Gasteiger partial charge in [0.2, 0.25) is 0 Å². The highest BCUT2D eigenvalue weighted by atomic mass is 19.1. The summed E-state index contributed by atoms with van der Waals surface area (Å²) in [5.41, 5.74) is 1.47. The number of para-hydroxylation sites is 2. The maximum Gasteiger partial charge on any atom is 0.314 e. The summed E-state index contributed by atoms with van der Waals surface area (Å²) in [6.45, 7) is 3.98. The minimum atomic E-state index is -0.913. The zero-order valence-electron chi connectivity index (χ0n) is 12.4. The van der Waals surface area contributed by atoms with Crippen molar-refractivity contribution in [1.82, 2.24) is 0 Å². The molecule has 5 heteroatoms. The Balaban J connectivity index is 2.10. The van der Waals surface area contributed by atoms with E-state index < -0.39 is 17.6 Å². The highest BCUT2D eigenvalue weighted by Crippen LogP contribution is 2.23. The minimum absolute atomic E-state index is 0.0280. The monoisotopic (exact) mass is 300 g/mol. The molecule has 0 aliphatic carbocycles. The molecule has 0 heterocycles. The molecule has 0 unspecified atom stereocenters. The number of nitrogens with one attached hydrogen (secondary N) is 2. The molecule has 22 heavy (non-hydrogen) atoms. The molecule has 2 N–H and O–H groups in total. The molecular weight excluding hydrogens is 283 g/mol. The molecule has 0 saturated heterocycles. The topological polar surface area (TPSA) is 58.2 Å². The van der Waals surface area contributed by atoms with Crippen molar-refractivity contribution in [1.29, 1.82) is 0 Å². The van der Waals surface area contributed by atoms with Gasteiger partial charge in [0.1, 0.15) is 5.82 Å². The lowest BCUT2D eigenvalue weighted by Crippen LogP contribution is -2.29. The van der Waals surface area contributed by atoms with Crippen LogP contribution in [0.2, 0.25) is 0 Å². The summed E-state index contributed by atoms with van der Waals surface area (Å²) in [5.74, 6) is -2.14. The Bertz CT molecular complexity index is 699. The van der Waals surface area contributed by atoms with E-state index in [-0.39, 0.29) is 11.6 Å². The summed E-state index contributed by atoms with van der Waals surface area (Å²) in [6.07, 6.45) is 0. The van der Waals surface area contributed by atoms with Crippen LogP contribution in [0.25, 0.3) is 0 Å². The van der Waals surface area contributed by atoms with Gasteiger partial charge in [0.25, 0.3) is 0 Å². The standard InChI is InChI=1S/C17H17FN2O2/c1-11(2)12-7-3-5-9-14(12)19-16(21)17(22)20-15-10-6-4-8-13(15)18/h3-11H,1-2H3,(H,19,21)(H,20,22). The lowest BCUT2D eigenvalue weighted by Gasteiger charge is -2.13. The Morgan fingerprint density at radius 2 is 1.36 bits per heavy atom. The van der Waals surface area contributed by atoms with E-state index in [0.717, 1.165) is 5.56 Å². The summed E-state index contributed by atoms with van der Waals surface area (Å²) in [4.78, 5) is 23.8. The van der Waals surface area contributed by atoms with Gasteiger partial charge in [0.15, 0.2) is 0 Å². The van der Waals surface area contributed by atoms with E-state index in [1.54, 1.807) is 18.2 Å². The number of halogens is 1. The molecule has 0 spiro atoms. The van der Waals surface area contributed by atoms with Crippen LogP contribution >= 0.6 is 0 Å². The first kappa shape index (κ1) is 15.7. The third kappa shape index (κ3) is 3.69. The van der Waals surface area contributed by atoms with Gasteiger partial charge in [-0.1, -0.05) is 44.2 Å². The fourth-order valence-electron chi connectivity index (χ4n) is 2.04. The Labute approximate surface area is 128 Å². The smallest absolute Gasteiger partial charge is 0.314 e. The van der Waals surface area contributed by atoms with Crippen molar-refractivity contribution in [3.8, 4) is 0 Å². The number of hydrogen-bond acceptors (Lipinski definition) is 2. The molecule has 0 bridgehead atoms. The quantitative estimate of drug-likeness (QED) is 0.852. The number of rotatable bonds is 3. The first-order valence-electron chi connectivity index (χ1n) is 6.95. The van der Waals surface area contributed by atoms with Gasteiger partial charge in [-0.2, -0.15) is 0 Å². The SMILES string of the molecule is CC(C)c1ccccc1NC(=O)C(=O)Nc1ccccc1F. The van der Waals surface area contributed by atoms with Gasteiger partial charge in [0.05, 0.1) is 5.69 Å². The summed E-state index contributed by atoms with van der Waals surface area (Å²) >= 11 is 0. The van der Waals surface area contributed by atoms with Gasteiger partial charge in [-0.15, -0.1) is 0 Å². The normalized spacial score (nSPS) is 10.4. The van der Waals surface area contributed by atoms with Crippen molar-refractivity contribution in [2.24, 2.45) is 0 Å². The third-order valence-corrected chi connectivity index (χ3v) is 3.16.